The molecule has 1 saturated heterocycles. The SMILES string of the molecule is Cc1cc(OC[C@@H]2[C@H]3CC[C@H](c4nc(CO)cs4)O[C@H]3C[C@H]2O)ccc1[N+](=O)[O-]. The smallest absolute Gasteiger partial charge is 0.272 e. The molecule has 0 spiro atoms. The number of nitrogens with zero attached hydrogens (tertiary/aromatic N) is 2. The lowest BCUT2D eigenvalue weighted by molar-refractivity contribution is -0.385. The molecule has 29 heavy (non-hydrogen) atoms. The molecule has 8 nitrogen and oxygen atoms in total. The first-order valence-corrected chi connectivity index (χ1v) is 10.6. The van der Waals surface area contributed by atoms with Crippen LogP contribution in [0.3, 0.4) is 0 Å². The minimum Gasteiger partial charge on any atom is -0.493 e. The third-order valence-corrected chi connectivity index (χ3v) is 6.90. The van der Waals surface area contributed by atoms with Crippen molar-refractivity contribution in [3.05, 3.63) is 50.0 Å². The van der Waals surface area contributed by atoms with Crippen molar-refractivity contribution in [2.45, 2.75) is 51.1 Å². The number of nitro groups is 1. The summed E-state index contributed by atoms with van der Waals surface area (Å²) in [5.74, 6) is 0.732. The Hall–Kier alpha value is -2.07. The second kappa shape index (κ2) is 8.35. The van der Waals surface area contributed by atoms with Crippen LogP contribution in [0.2, 0.25) is 0 Å². The van der Waals surface area contributed by atoms with Crippen LogP contribution in [-0.2, 0) is 11.3 Å². The molecule has 0 unspecified atom stereocenters. The number of ether oxygens (including phenoxy) is 2. The molecule has 5 atom stereocenters. The van der Waals surface area contributed by atoms with E-state index in [4.69, 9.17) is 9.47 Å². The maximum absolute atomic E-state index is 10.9. The van der Waals surface area contributed by atoms with E-state index >= 15 is 0 Å². The maximum atomic E-state index is 10.9. The summed E-state index contributed by atoms with van der Waals surface area (Å²) in [7, 11) is 0. The van der Waals surface area contributed by atoms with Crippen LogP contribution in [0.25, 0.3) is 0 Å². The number of rotatable bonds is 6. The summed E-state index contributed by atoms with van der Waals surface area (Å²) in [6.45, 7) is 1.95. The standard InChI is InChI=1S/C20H24N2O6S/c1-11-6-13(2-4-16(11)22(25)26)27-9-15-14-3-5-18(28-19(14)7-17(15)24)20-21-12(8-23)10-29-20/h2,4,6,10,14-15,17-19,23-24H,3,5,7-9H2,1H3/t14-,15-,17-,18-,19+/m1/s1. The van der Waals surface area contributed by atoms with Crippen LogP contribution in [0.5, 0.6) is 5.75 Å². The molecule has 2 heterocycles. The van der Waals surface area contributed by atoms with Gasteiger partial charge >= 0.3 is 0 Å². The minimum absolute atomic E-state index is 0.0410. The Kier molecular flexibility index (Phi) is 5.82. The predicted molar refractivity (Wildman–Crippen MR) is 106 cm³/mol. The Bertz CT molecular complexity index is 888. The van der Waals surface area contributed by atoms with Crippen molar-refractivity contribution in [3.8, 4) is 5.75 Å². The van der Waals surface area contributed by atoms with Gasteiger partial charge in [-0.25, -0.2) is 4.98 Å². The van der Waals surface area contributed by atoms with Gasteiger partial charge < -0.3 is 19.7 Å². The van der Waals surface area contributed by atoms with Crippen molar-refractivity contribution in [3.63, 3.8) is 0 Å². The van der Waals surface area contributed by atoms with Gasteiger partial charge in [-0.2, -0.15) is 0 Å². The molecular weight excluding hydrogens is 396 g/mol. The summed E-state index contributed by atoms with van der Waals surface area (Å²) in [6.07, 6.45) is 1.65. The molecule has 2 aliphatic rings. The van der Waals surface area contributed by atoms with Crippen molar-refractivity contribution in [1.29, 1.82) is 0 Å². The van der Waals surface area contributed by atoms with Gasteiger partial charge in [0.1, 0.15) is 16.9 Å². The Morgan fingerprint density at radius 2 is 2.24 bits per heavy atom. The average Bonchev–Trinajstić information content (AvgIpc) is 3.29. The van der Waals surface area contributed by atoms with Gasteiger partial charge in [0.25, 0.3) is 5.69 Å². The summed E-state index contributed by atoms with van der Waals surface area (Å²) in [5.41, 5.74) is 1.27. The zero-order valence-electron chi connectivity index (χ0n) is 16.1. The molecule has 0 amide bonds. The van der Waals surface area contributed by atoms with Gasteiger partial charge in [-0.1, -0.05) is 0 Å². The first kappa shape index (κ1) is 20.2. The second-order valence-corrected chi connectivity index (χ2v) is 8.61. The zero-order valence-corrected chi connectivity index (χ0v) is 16.9. The van der Waals surface area contributed by atoms with Crippen LogP contribution in [-0.4, -0.2) is 38.9 Å². The highest BCUT2D eigenvalue weighted by Crippen LogP contribution is 2.46. The highest BCUT2D eigenvalue weighted by atomic mass is 32.1. The largest absolute Gasteiger partial charge is 0.493 e. The van der Waals surface area contributed by atoms with Crippen LogP contribution in [0.1, 0.15) is 41.6 Å². The third-order valence-electron chi connectivity index (χ3n) is 5.91. The molecule has 9 heteroatoms. The van der Waals surface area contributed by atoms with Crippen LogP contribution in [0, 0.1) is 28.9 Å². The summed E-state index contributed by atoms with van der Waals surface area (Å²) in [6, 6.07) is 4.70. The summed E-state index contributed by atoms with van der Waals surface area (Å²) < 4.78 is 12.1. The number of aliphatic hydroxyl groups excluding tert-OH is 2. The van der Waals surface area contributed by atoms with E-state index in [0.29, 0.717) is 30.0 Å². The Labute approximate surface area is 172 Å². The molecule has 2 fully saturated rings. The van der Waals surface area contributed by atoms with Gasteiger partial charge in [0.2, 0.25) is 0 Å². The van der Waals surface area contributed by atoms with Gasteiger partial charge in [-0.3, -0.25) is 10.1 Å². The number of aromatic nitrogens is 1. The van der Waals surface area contributed by atoms with Crippen LogP contribution in [0.15, 0.2) is 23.6 Å². The Morgan fingerprint density at radius 1 is 1.41 bits per heavy atom. The van der Waals surface area contributed by atoms with Gasteiger partial charge in [0, 0.05) is 29.3 Å². The summed E-state index contributed by atoms with van der Waals surface area (Å²) in [4.78, 5) is 15.0. The highest BCUT2D eigenvalue weighted by molar-refractivity contribution is 7.09. The molecule has 0 radical (unpaired) electrons. The number of fused-ring (bicyclic) bond motifs is 1. The van der Waals surface area contributed by atoms with Gasteiger partial charge in [-0.05, 0) is 37.8 Å². The number of nitro benzene ring substituents is 1. The lowest BCUT2D eigenvalue weighted by atomic mass is 9.87. The topological polar surface area (TPSA) is 115 Å². The first-order chi connectivity index (χ1) is 14.0. The van der Waals surface area contributed by atoms with Crippen molar-refractivity contribution >= 4 is 17.0 Å². The number of aliphatic hydroxyl groups is 2. The second-order valence-electron chi connectivity index (χ2n) is 7.72. The van der Waals surface area contributed by atoms with E-state index in [1.165, 1.54) is 17.4 Å². The molecule has 1 aliphatic heterocycles. The molecular formula is C20H24N2O6S. The fourth-order valence-corrected chi connectivity index (χ4v) is 5.28. The van der Waals surface area contributed by atoms with Gasteiger partial charge in [0.15, 0.2) is 0 Å². The van der Waals surface area contributed by atoms with Gasteiger partial charge in [-0.15, -0.1) is 11.3 Å². The number of hydrogen-bond acceptors (Lipinski definition) is 8. The van der Waals surface area contributed by atoms with E-state index in [1.54, 1.807) is 19.1 Å². The van der Waals surface area contributed by atoms with E-state index in [1.807, 2.05) is 5.38 Å². The fraction of sp³-hybridized carbons (Fsp3) is 0.550. The average molecular weight is 420 g/mol. The van der Waals surface area contributed by atoms with Crippen molar-refractivity contribution in [2.24, 2.45) is 11.8 Å². The van der Waals surface area contributed by atoms with E-state index in [9.17, 15) is 20.3 Å². The van der Waals surface area contributed by atoms with Crippen LogP contribution in [0.4, 0.5) is 5.69 Å². The highest BCUT2D eigenvalue weighted by Gasteiger charge is 2.47. The lowest BCUT2D eigenvalue weighted by Crippen LogP contribution is -2.33. The molecule has 4 rings (SSSR count). The van der Waals surface area contributed by atoms with E-state index in [-0.39, 0.29) is 36.3 Å². The predicted octanol–water partition coefficient (Wildman–Crippen LogP) is 3.15. The third kappa shape index (κ3) is 4.13. The zero-order chi connectivity index (χ0) is 20.5. The molecule has 1 aromatic carbocycles. The van der Waals surface area contributed by atoms with Crippen LogP contribution < -0.4 is 4.74 Å². The quantitative estimate of drug-likeness (QED) is 0.545. The molecule has 2 N–H and O–H groups in total. The van der Waals surface area contributed by atoms with E-state index < -0.39 is 11.0 Å². The number of aryl methyl sites for hydroxylation is 1. The molecule has 1 saturated carbocycles. The van der Waals surface area contributed by atoms with Crippen molar-refractivity contribution in [1.82, 2.24) is 4.98 Å². The molecule has 156 valence electrons. The van der Waals surface area contributed by atoms with Crippen molar-refractivity contribution in [2.75, 3.05) is 6.61 Å². The molecule has 2 aromatic rings. The fourth-order valence-electron chi connectivity index (χ4n) is 4.40. The number of thiazole rings is 1. The maximum Gasteiger partial charge on any atom is 0.272 e. The Morgan fingerprint density at radius 3 is 2.93 bits per heavy atom. The summed E-state index contributed by atoms with van der Waals surface area (Å²) in [5, 5.41) is 33.4. The summed E-state index contributed by atoms with van der Waals surface area (Å²) >= 11 is 1.50. The molecule has 0 bridgehead atoms. The lowest BCUT2D eigenvalue weighted by Gasteiger charge is -2.33. The monoisotopic (exact) mass is 420 g/mol. The Balaban J connectivity index is 1.38. The van der Waals surface area contributed by atoms with Gasteiger partial charge in [0.05, 0.1) is 36.0 Å². The van der Waals surface area contributed by atoms with Crippen LogP contribution >= 0.6 is 11.3 Å². The van der Waals surface area contributed by atoms with E-state index in [2.05, 4.69) is 4.98 Å². The minimum atomic E-state index is -0.507. The number of hydrogen-bond donors (Lipinski definition) is 2. The van der Waals surface area contributed by atoms with Crippen molar-refractivity contribution < 1.29 is 24.6 Å². The molecule has 1 aliphatic carbocycles. The van der Waals surface area contributed by atoms with E-state index in [0.717, 1.165) is 17.8 Å². The first-order valence-electron chi connectivity index (χ1n) is 9.72. The molecule has 1 aromatic heterocycles. The normalized spacial score (nSPS) is 28.9. The number of benzene rings is 1.